The molecule has 0 spiro atoms. The molecule has 16 heavy (non-hydrogen) atoms. The highest BCUT2D eigenvalue weighted by Crippen LogP contribution is 2.38. The Morgan fingerprint density at radius 2 is 2.44 bits per heavy atom. The second-order valence-corrected chi connectivity index (χ2v) is 4.38. The summed E-state index contributed by atoms with van der Waals surface area (Å²) in [6, 6.07) is 2.13. The van der Waals surface area contributed by atoms with E-state index in [2.05, 4.69) is 20.8 Å². The van der Waals surface area contributed by atoms with Crippen LogP contribution < -0.4 is 10.6 Å². The largest absolute Gasteiger partial charge is 0.349 e. The van der Waals surface area contributed by atoms with Gasteiger partial charge in [-0.1, -0.05) is 0 Å². The van der Waals surface area contributed by atoms with Gasteiger partial charge in [0, 0.05) is 24.2 Å². The molecule has 0 radical (unpaired) electrons. The molecule has 1 unspecified atom stereocenters. The van der Waals surface area contributed by atoms with Crippen LogP contribution in [0.15, 0.2) is 6.07 Å². The molecule has 3 N–H and O–H groups in total. The van der Waals surface area contributed by atoms with E-state index in [1.807, 2.05) is 20.0 Å². The zero-order valence-corrected chi connectivity index (χ0v) is 9.71. The quantitative estimate of drug-likeness (QED) is 0.684. The number of aromatic amines is 1. The van der Waals surface area contributed by atoms with Crippen molar-refractivity contribution < 1.29 is 4.79 Å². The maximum absolute atomic E-state index is 11.7. The second kappa shape index (κ2) is 4.65. The Kier molecular flexibility index (Phi) is 3.24. The summed E-state index contributed by atoms with van der Waals surface area (Å²) < 4.78 is 0. The van der Waals surface area contributed by atoms with Gasteiger partial charge in [0.1, 0.15) is 5.69 Å². The van der Waals surface area contributed by atoms with Gasteiger partial charge in [-0.05, 0) is 32.9 Å². The number of hydrogen-bond acceptors (Lipinski definition) is 3. The summed E-state index contributed by atoms with van der Waals surface area (Å²) in [5.41, 5.74) is 1.58. The summed E-state index contributed by atoms with van der Waals surface area (Å²) >= 11 is 0. The molecule has 0 saturated heterocycles. The number of carbonyl (C=O) groups is 1. The molecule has 1 aromatic rings. The van der Waals surface area contributed by atoms with Crippen molar-refractivity contribution in [2.75, 3.05) is 13.6 Å². The van der Waals surface area contributed by atoms with Gasteiger partial charge >= 0.3 is 0 Å². The lowest BCUT2D eigenvalue weighted by atomic mass is 10.2. The summed E-state index contributed by atoms with van der Waals surface area (Å²) in [6.45, 7) is 2.63. The van der Waals surface area contributed by atoms with Crippen LogP contribution in [-0.4, -0.2) is 35.7 Å². The normalized spacial score (nSPS) is 17.1. The Bertz CT molecular complexity index is 370. The first-order valence-corrected chi connectivity index (χ1v) is 5.71. The van der Waals surface area contributed by atoms with Crippen LogP contribution in [0.5, 0.6) is 0 Å². The van der Waals surface area contributed by atoms with Crippen molar-refractivity contribution in [1.29, 1.82) is 0 Å². The van der Waals surface area contributed by atoms with Crippen LogP contribution in [0.1, 0.15) is 41.9 Å². The molecule has 1 fully saturated rings. The van der Waals surface area contributed by atoms with Gasteiger partial charge in [-0.25, -0.2) is 0 Å². The molecule has 5 nitrogen and oxygen atoms in total. The molecule has 1 aliphatic rings. The molecule has 1 amide bonds. The van der Waals surface area contributed by atoms with Gasteiger partial charge in [-0.3, -0.25) is 9.89 Å². The van der Waals surface area contributed by atoms with Gasteiger partial charge in [0.25, 0.3) is 5.91 Å². The van der Waals surface area contributed by atoms with Gasteiger partial charge in [0.05, 0.1) is 0 Å². The minimum atomic E-state index is -0.106. The first-order chi connectivity index (χ1) is 7.70. The fraction of sp³-hybridized carbons (Fsp3) is 0.636. The van der Waals surface area contributed by atoms with E-state index in [-0.39, 0.29) is 11.9 Å². The van der Waals surface area contributed by atoms with Crippen molar-refractivity contribution in [3.05, 3.63) is 17.5 Å². The van der Waals surface area contributed by atoms with Gasteiger partial charge in [-0.15, -0.1) is 0 Å². The minimum absolute atomic E-state index is 0.106. The molecule has 2 rings (SSSR count). The number of carbonyl (C=O) groups excluding carboxylic acids is 1. The average molecular weight is 222 g/mol. The van der Waals surface area contributed by atoms with Crippen molar-refractivity contribution in [3.8, 4) is 0 Å². The maximum atomic E-state index is 11.7. The summed E-state index contributed by atoms with van der Waals surface area (Å²) in [7, 11) is 1.87. The number of rotatable bonds is 5. The fourth-order valence-corrected chi connectivity index (χ4v) is 1.49. The van der Waals surface area contributed by atoms with Crippen molar-refractivity contribution in [2.24, 2.45) is 0 Å². The Morgan fingerprint density at radius 3 is 3.06 bits per heavy atom. The minimum Gasteiger partial charge on any atom is -0.349 e. The van der Waals surface area contributed by atoms with Crippen LogP contribution in [0.25, 0.3) is 0 Å². The molecular weight excluding hydrogens is 204 g/mol. The van der Waals surface area contributed by atoms with E-state index in [0.717, 1.165) is 5.69 Å². The lowest BCUT2D eigenvalue weighted by Gasteiger charge is -2.09. The number of hydrogen-bond donors (Lipinski definition) is 3. The molecule has 1 aliphatic carbocycles. The highest BCUT2D eigenvalue weighted by atomic mass is 16.1. The maximum Gasteiger partial charge on any atom is 0.271 e. The zero-order valence-electron chi connectivity index (χ0n) is 9.71. The van der Waals surface area contributed by atoms with E-state index in [9.17, 15) is 4.79 Å². The van der Waals surface area contributed by atoms with E-state index in [0.29, 0.717) is 18.2 Å². The summed E-state index contributed by atoms with van der Waals surface area (Å²) in [5.74, 6) is 0.496. The smallest absolute Gasteiger partial charge is 0.271 e. The van der Waals surface area contributed by atoms with Crippen molar-refractivity contribution in [2.45, 2.75) is 31.7 Å². The van der Waals surface area contributed by atoms with Crippen LogP contribution in [0.2, 0.25) is 0 Å². The first-order valence-electron chi connectivity index (χ1n) is 5.71. The van der Waals surface area contributed by atoms with Crippen molar-refractivity contribution in [1.82, 2.24) is 20.8 Å². The first kappa shape index (κ1) is 11.1. The third kappa shape index (κ3) is 2.61. The molecule has 1 heterocycles. The molecule has 1 saturated carbocycles. The van der Waals surface area contributed by atoms with E-state index in [4.69, 9.17) is 0 Å². The zero-order chi connectivity index (χ0) is 11.5. The molecule has 0 aromatic carbocycles. The topological polar surface area (TPSA) is 69.8 Å². The van der Waals surface area contributed by atoms with Gasteiger partial charge < -0.3 is 10.6 Å². The van der Waals surface area contributed by atoms with E-state index >= 15 is 0 Å². The van der Waals surface area contributed by atoms with E-state index in [1.165, 1.54) is 12.8 Å². The number of H-pyrrole nitrogens is 1. The van der Waals surface area contributed by atoms with Gasteiger partial charge in [-0.2, -0.15) is 5.10 Å². The second-order valence-electron chi connectivity index (χ2n) is 4.38. The number of likely N-dealkylation sites (N-methyl/N-ethyl adjacent to an activating group) is 1. The highest BCUT2D eigenvalue weighted by molar-refractivity contribution is 5.92. The van der Waals surface area contributed by atoms with Crippen LogP contribution in [-0.2, 0) is 0 Å². The molecule has 0 aliphatic heterocycles. The Balaban J connectivity index is 1.87. The van der Waals surface area contributed by atoms with Crippen molar-refractivity contribution in [3.63, 3.8) is 0 Å². The molecule has 1 aromatic heterocycles. The van der Waals surface area contributed by atoms with Crippen LogP contribution in [0, 0.1) is 0 Å². The number of nitrogens with one attached hydrogen (secondary N) is 3. The summed E-state index contributed by atoms with van der Waals surface area (Å²) in [4.78, 5) is 11.7. The third-order valence-electron chi connectivity index (χ3n) is 2.91. The Hall–Kier alpha value is -1.36. The van der Waals surface area contributed by atoms with Crippen LogP contribution in [0.4, 0.5) is 0 Å². The highest BCUT2D eigenvalue weighted by Gasteiger charge is 2.26. The predicted octanol–water partition coefficient (Wildman–Crippen LogP) is 0.625. The Labute approximate surface area is 95.0 Å². The molecule has 5 heteroatoms. The SMILES string of the molecule is CNC(C)CNC(=O)c1cc(C2CC2)[nH]n1. The molecular formula is C11H18N4O. The Morgan fingerprint density at radius 1 is 1.69 bits per heavy atom. The number of nitrogens with zero attached hydrogens (tertiary/aromatic N) is 1. The lowest BCUT2D eigenvalue weighted by Crippen LogP contribution is -2.37. The summed E-state index contributed by atoms with van der Waals surface area (Å²) in [6.07, 6.45) is 2.42. The molecule has 0 bridgehead atoms. The van der Waals surface area contributed by atoms with Gasteiger partial charge in [0.15, 0.2) is 0 Å². The van der Waals surface area contributed by atoms with Crippen LogP contribution >= 0.6 is 0 Å². The van der Waals surface area contributed by atoms with Gasteiger partial charge in [0.2, 0.25) is 0 Å². The number of amides is 1. The lowest BCUT2D eigenvalue weighted by molar-refractivity contribution is 0.0945. The van der Waals surface area contributed by atoms with Crippen LogP contribution in [0.3, 0.4) is 0 Å². The van der Waals surface area contributed by atoms with Crippen molar-refractivity contribution >= 4 is 5.91 Å². The molecule has 1 atom stereocenters. The van der Waals surface area contributed by atoms with E-state index < -0.39 is 0 Å². The third-order valence-corrected chi connectivity index (χ3v) is 2.91. The summed E-state index contributed by atoms with van der Waals surface area (Å²) in [5, 5.41) is 12.8. The standard InChI is InChI=1S/C11H18N4O/c1-7(12-2)6-13-11(16)10-5-9(14-15-10)8-3-4-8/h5,7-8,12H,3-4,6H2,1-2H3,(H,13,16)(H,14,15). The van der Waals surface area contributed by atoms with E-state index in [1.54, 1.807) is 0 Å². The fourth-order valence-electron chi connectivity index (χ4n) is 1.49. The average Bonchev–Trinajstić information content (AvgIpc) is 3.03. The predicted molar refractivity (Wildman–Crippen MR) is 61.4 cm³/mol. The molecule has 88 valence electrons. The monoisotopic (exact) mass is 222 g/mol. The number of aromatic nitrogens is 2.